The molecule has 1 N–H and O–H groups in total. The Morgan fingerprint density at radius 3 is 2.67 bits per heavy atom. The van der Waals surface area contributed by atoms with Gasteiger partial charge in [0.25, 0.3) is 0 Å². The molecular formula is C13H15BrN2O2. The van der Waals surface area contributed by atoms with E-state index in [0.29, 0.717) is 0 Å². The molecular weight excluding hydrogens is 296 g/mol. The first-order chi connectivity index (χ1) is 8.74. The van der Waals surface area contributed by atoms with Gasteiger partial charge in [0.15, 0.2) is 0 Å². The van der Waals surface area contributed by atoms with E-state index in [1.165, 1.54) is 0 Å². The molecule has 2 aromatic rings. The highest BCUT2D eigenvalue weighted by molar-refractivity contribution is 9.10. The first-order valence-electron chi connectivity index (χ1n) is 5.63. The first-order valence-corrected chi connectivity index (χ1v) is 6.42. The number of hydrogen-bond donors (Lipinski definition) is 1. The van der Waals surface area contributed by atoms with Crippen LogP contribution in [0.2, 0.25) is 0 Å². The minimum absolute atomic E-state index is 0.842. The van der Waals surface area contributed by atoms with Crippen molar-refractivity contribution in [2.75, 3.05) is 14.2 Å². The van der Waals surface area contributed by atoms with Gasteiger partial charge in [-0.2, -0.15) is 0 Å². The fourth-order valence-electron chi connectivity index (χ4n) is 1.82. The Labute approximate surface area is 114 Å². The van der Waals surface area contributed by atoms with E-state index in [9.17, 15) is 0 Å². The Morgan fingerprint density at radius 2 is 2.06 bits per heavy atom. The number of nitrogens with one attached hydrogen (secondary N) is 1. The van der Waals surface area contributed by atoms with E-state index >= 15 is 0 Å². The molecule has 0 aliphatic heterocycles. The smallest absolute Gasteiger partial charge is 0.127 e. The minimum atomic E-state index is 0.842. The van der Waals surface area contributed by atoms with Gasteiger partial charge in [-0.05, 0) is 52.5 Å². The van der Waals surface area contributed by atoms with Crippen LogP contribution in [0.15, 0.2) is 29.1 Å². The van der Waals surface area contributed by atoms with Gasteiger partial charge in [0.2, 0.25) is 0 Å². The topological polar surface area (TPSA) is 47.1 Å². The lowest BCUT2D eigenvalue weighted by Crippen LogP contribution is -1.97. The number of aromatic amines is 1. The van der Waals surface area contributed by atoms with Gasteiger partial charge in [-0.3, -0.25) is 0 Å². The van der Waals surface area contributed by atoms with Crippen molar-refractivity contribution in [3.05, 3.63) is 40.4 Å². The van der Waals surface area contributed by atoms with Crippen molar-refractivity contribution < 1.29 is 9.47 Å². The van der Waals surface area contributed by atoms with Gasteiger partial charge in [0, 0.05) is 5.69 Å². The summed E-state index contributed by atoms with van der Waals surface area (Å²) in [4.78, 5) is 7.22. The summed E-state index contributed by atoms with van der Waals surface area (Å²) < 4.78 is 11.4. The number of aromatic nitrogens is 2. The van der Waals surface area contributed by atoms with Gasteiger partial charge >= 0.3 is 0 Å². The number of imidazole rings is 1. The van der Waals surface area contributed by atoms with Gasteiger partial charge in [-0.15, -0.1) is 0 Å². The monoisotopic (exact) mass is 310 g/mol. The lowest BCUT2D eigenvalue weighted by molar-refractivity contribution is 0.398. The van der Waals surface area contributed by atoms with Crippen molar-refractivity contribution in [2.45, 2.75) is 12.8 Å². The number of methoxy groups -OCH3 is 2. The Kier molecular flexibility index (Phi) is 4.25. The number of rotatable bonds is 5. The number of ether oxygens (including phenoxy) is 2. The molecule has 0 radical (unpaired) electrons. The zero-order chi connectivity index (χ0) is 13.0. The second-order valence-corrected chi connectivity index (χ2v) is 4.60. The van der Waals surface area contributed by atoms with Crippen LogP contribution in [0, 0.1) is 0 Å². The SMILES string of the molecule is COc1ccc(OC)c(CCc2[nH]cnc2Br)c1. The summed E-state index contributed by atoms with van der Waals surface area (Å²) in [6.45, 7) is 0. The van der Waals surface area contributed by atoms with Crippen molar-refractivity contribution >= 4 is 15.9 Å². The van der Waals surface area contributed by atoms with E-state index in [1.54, 1.807) is 20.5 Å². The van der Waals surface area contributed by atoms with Crippen LogP contribution in [0.3, 0.4) is 0 Å². The lowest BCUT2D eigenvalue weighted by atomic mass is 10.1. The highest BCUT2D eigenvalue weighted by atomic mass is 79.9. The molecule has 0 aliphatic rings. The molecule has 1 heterocycles. The second-order valence-electron chi connectivity index (χ2n) is 3.85. The highest BCUT2D eigenvalue weighted by Crippen LogP contribution is 2.25. The number of benzene rings is 1. The summed E-state index contributed by atoms with van der Waals surface area (Å²) in [5.74, 6) is 1.72. The van der Waals surface area contributed by atoms with Crippen molar-refractivity contribution in [1.29, 1.82) is 0 Å². The quantitative estimate of drug-likeness (QED) is 0.923. The summed E-state index contributed by atoms with van der Waals surface area (Å²) in [5.41, 5.74) is 2.21. The average Bonchev–Trinajstić information content (AvgIpc) is 2.81. The molecule has 0 amide bonds. The van der Waals surface area contributed by atoms with Gasteiger partial charge in [-0.25, -0.2) is 4.98 Å². The maximum Gasteiger partial charge on any atom is 0.127 e. The number of halogens is 1. The molecule has 1 aromatic carbocycles. The van der Waals surface area contributed by atoms with Gasteiger partial charge < -0.3 is 14.5 Å². The molecule has 0 saturated heterocycles. The van der Waals surface area contributed by atoms with Crippen LogP contribution < -0.4 is 9.47 Å². The van der Waals surface area contributed by atoms with Crippen molar-refractivity contribution in [3.63, 3.8) is 0 Å². The predicted octanol–water partition coefficient (Wildman–Crippen LogP) is 2.97. The Hall–Kier alpha value is -1.49. The third-order valence-corrected chi connectivity index (χ3v) is 3.48. The minimum Gasteiger partial charge on any atom is -0.497 e. The Morgan fingerprint density at radius 1 is 1.22 bits per heavy atom. The molecule has 0 unspecified atom stereocenters. The van der Waals surface area contributed by atoms with E-state index < -0.39 is 0 Å². The van der Waals surface area contributed by atoms with Crippen molar-refractivity contribution in [2.24, 2.45) is 0 Å². The fraction of sp³-hybridized carbons (Fsp3) is 0.308. The van der Waals surface area contributed by atoms with E-state index in [1.807, 2.05) is 18.2 Å². The first kappa shape index (κ1) is 13.0. The highest BCUT2D eigenvalue weighted by Gasteiger charge is 2.08. The summed E-state index contributed by atoms with van der Waals surface area (Å²) >= 11 is 3.41. The zero-order valence-corrected chi connectivity index (χ0v) is 12.0. The second kappa shape index (κ2) is 5.91. The van der Waals surface area contributed by atoms with Gasteiger partial charge in [-0.1, -0.05) is 0 Å². The van der Waals surface area contributed by atoms with Crippen LogP contribution in [-0.4, -0.2) is 24.2 Å². The molecule has 5 heteroatoms. The number of hydrogen-bond acceptors (Lipinski definition) is 3. The normalized spacial score (nSPS) is 10.4. The van der Waals surface area contributed by atoms with Crippen molar-refractivity contribution in [1.82, 2.24) is 9.97 Å². The van der Waals surface area contributed by atoms with Gasteiger partial charge in [0.1, 0.15) is 16.1 Å². The van der Waals surface area contributed by atoms with Crippen LogP contribution in [-0.2, 0) is 12.8 Å². The number of nitrogens with zero attached hydrogens (tertiary/aromatic N) is 1. The Balaban J connectivity index is 2.14. The zero-order valence-electron chi connectivity index (χ0n) is 10.4. The molecule has 0 fully saturated rings. The van der Waals surface area contributed by atoms with E-state index in [0.717, 1.165) is 40.2 Å². The van der Waals surface area contributed by atoms with Crippen LogP contribution in [0.25, 0.3) is 0 Å². The third kappa shape index (κ3) is 2.85. The van der Waals surface area contributed by atoms with E-state index in [2.05, 4.69) is 25.9 Å². The molecule has 0 saturated carbocycles. The van der Waals surface area contributed by atoms with Crippen molar-refractivity contribution in [3.8, 4) is 11.5 Å². The number of H-pyrrole nitrogens is 1. The summed E-state index contributed by atoms with van der Waals surface area (Å²) in [7, 11) is 3.34. The summed E-state index contributed by atoms with van der Waals surface area (Å²) in [6, 6.07) is 5.83. The summed E-state index contributed by atoms with van der Waals surface area (Å²) in [5, 5.41) is 0. The molecule has 4 nitrogen and oxygen atoms in total. The Bertz CT molecular complexity index is 525. The molecule has 1 aromatic heterocycles. The van der Waals surface area contributed by atoms with Crippen LogP contribution in [0.5, 0.6) is 11.5 Å². The maximum absolute atomic E-state index is 5.35. The molecule has 96 valence electrons. The standard InChI is InChI=1S/C13H15BrN2O2/c1-17-10-4-6-12(18-2)9(7-10)3-5-11-13(14)16-8-15-11/h4,6-8H,3,5H2,1-2H3,(H,15,16). The summed E-state index contributed by atoms with van der Waals surface area (Å²) in [6.07, 6.45) is 3.41. The van der Waals surface area contributed by atoms with Crippen LogP contribution in [0.4, 0.5) is 0 Å². The molecule has 0 bridgehead atoms. The lowest BCUT2D eigenvalue weighted by Gasteiger charge is -2.10. The molecule has 0 aliphatic carbocycles. The number of aryl methyl sites for hydroxylation is 2. The van der Waals surface area contributed by atoms with Crippen LogP contribution in [0.1, 0.15) is 11.3 Å². The van der Waals surface area contributed by atoms with Crippen LogP contribution >= 0.6 is 15.9 Å². The molecule has 18 heavy (non-hydrogen) atoms. The molecule has 0 atom stereocenters. The fourth-order valence-corrected chi connectivity index (χ4v) is 2.23. The van der Waals surface area contributed by atoms with Gasteiger partial charge in [0.05, 0.1) is 20.5 Å². The largest absolute Gasteiger partial charge is 0.497 e. The maximum atomic E-state index is 5.35. The molecule has 0 spiro atoms. The van der Waals surface area contributed by atoms with E-state index in [-0.39, 0.29) is 0 Å². The average molecular weight is 311 g/mol. The molecule has 2 rings (SSSR count). The van der Waals surface area contributed by atoms with E-state index in [4.69, 9.17) is 9.47 Å². The third-order valence-electron chi connectivity index (χ3n) is 2.80. The predicted molar refractivity (Wildman–Crippen MR) is 73.2 cm³/mol.